The summed E-state index contributed by atoms with van der Waals surface area (Å²) in [5.74, 6) is -0.0571. The molecule has 0 fully saturated rings. The number of nitriles is 2. The van der Waals surface area contributed by atoms with Crippen LogP contribution in [0, 0.1) is 35.8 Å². The third-order valence-electron chi connectivity index (χ3n) is 8.06. The van der Waals surface area contributed by atoms with Crippen molar-refractivity contribution in [2.75, 3.05) is 0 Å². The van der Waals surface area contributed by atoms with Gasteiger partial charge in [0.05, 0.1) is 4.53 Å². The van der Waals surface area contributed by atoms with Crippen LogP contribution in [0.3, 0.4) is 0 Å². The van der Waals surface area contributed by atoms with Gasteiger partial charge in [0.1, 0.15) is 36.4 Å². The summed E-state index contributed by atoms with van der Waals surface area (Å²) >= 11 is 1.54. The second-order valence-corrected chi connectivity index (χ2v) is 12.1. The maximum atomic E-state index is 9.63. The van der Waals surface area contributed by atoms with Crippen molar-refractivity contribution in [3.05, 3.63) is 68.2 Å². The fourth-order valence-corrected chi connectivity index (χ4v) is 6.97. The largest absolute Gasteiger partial charge is 0.562 e. The van der Waals surface area contributed by atoms with E-state index < -0.39 is 0 Å². The number of furan rings is 1. The van der Waals surface area contributed by atoms with Gasteiger partial charge in [0.25, 0.3) is 0 Å². The quantitative estimate of drug-likeness (QED) is 0.111. The molecular weight excluding hydrogens is 536 g/mol. The smallest absolute Gasteiger partial charge is 0.459 e. The lowest BCUT2D eigenvalue weighted by molar-refractivity contribution is 0.568. The summed E-state index contributed by atoms with van der Waals surface area (Å²) in [6.45, 7) is 19.4. The van der Waals surface area contributed by atoms with E-state index in [4.69, 9.17) is 17.6 Å². The third kappa shape index (κ3) is 6.85. The number of fused-ring (bicyclic) bond motifs is 5. The van der Waals surface area contributed by atoms with Gasteiger partial charge in [0.15, 0.2) is 0 Å². The van der Waals surface area contributed by atoms with Gasteiger partial charge in [0, 0.05) is 15.5 Å². The molecule has 0 aliphatic heterocycles. The summed E-state index contributed by atoms with van der Waals surface area (Å²) in [7, 11) is 0. The summed E-state index contributed by atoms with van der Waals surface area (Å²) in [4.78, 5) is 6.84. The molecule has 0 saturated carbocycles. The van der Waals surface area contributed by atoms with Crippen molar-refractivity contribution in [2.45, 2.75) is 104 Å². The number of nitrogens with zero attached hydrogens (tertiary/aromatic N) is 4. The number of thiophene rings is 1. The van der Waals surface area contributed by atoms with Gasteiger partial charge in [-0.25, -0.2) is 0 Å². The Balaban J connectivity index is 1.91. The Labute approximate surface area is 253 Å². The molecule has 0 saturated heterocycles. The number of unbranched alkanes of at least 4 members (excludes halogenated alkanes) is 10. The van der Waals surface area contributed by atoms with E-state index in [9.17, 15) is 10.5 Å². The molecule has 0 radical (unpaired) electrons. The molecule has 0 bridgehead atoms. The van der Waals surface area contributed by atoms with Crippen molar-refractivity contribution in [1.29, 1.82) is 10.5 Å². The first-order valence-electron chi connectivity index (χ1n) is 15.3. The fourth-order valence-electron chi connectivity index (χ4n) is 5.81. The molecule has 4 rings (SSSR count). The van der Waals surface area contributed by atoms with Crippen LogP contribution in [0.4, 0.5) is 0 Å². The third-order valence-corrected chi connectivity index (χ3v) is 9.28. The van der Waals surface area contributed by atoms with Crippen molar-refractivity contribution in [2.24, 2.45) is 0 Å². The van der Waals surface area contributed by atoms with Crippen LogP contribution < -0.4 is 9.95 Å². The molecule has 2 aromatic heterocycles. The molecule has 0 N–H and O–H groups in total. The number of aryl methyl sites for hydroxylation is 2. The minimum absolute atomic E-state index is 0.0571. The van der Waals surface area contributed by atoms with Gasteiger partial charge in [-0.2, -0.15) is 20.2 Å². The molecule has 0 amide bonds. The van der Waals surface area contributed by atoms with Crippen LogP contribution in [0.25, 0.3) is 52.9 Å². The van der Waals surface area contributed by atoms with Crippen molar-refractivity contribution in [3.63, 3.8) is 0 Å². The van der Waals surface area contributed by atoms with Gasteiger partial charge in [-0.05, 0) is 71.8 Å². The highest BCUT2D eigenvalue weighted by Crippen LogP contribution is 2.38. The van der Waals surface area contributed by atoms with Gasteiger partial charge < -0.3 is 4.42 Å². The van der Waals surface area contributed by atoms with Crippen molar-refractivity contribution >= 4 is 54.6 Å². The number of hydrogen-bond acceptors (Lipinski definition) is 4. The molecule has 214 valence electrons. The summed E-state index contributed by atoms with van der Waals surface area (Å²) in [5, 5.41) is 23.3. The molecule has 0 aliphatic carbocycles. The van der Waals surface area contributed by atoms with E-state index in [1.165, 1.54) is 74.7 Å². The molecule has 2 aromatic carbocycles. The predicted molar refractivity (Wildman–Crippen MR) is 174 cm³/mol. The van der Waals surface area contributed by atoms with Crippen LogP contribution in [0.5, 0.6) is 0 Å². The highest BCUT2D eigenvalue weighted by molar-refractivity contribution is 7.17. The van der Waals surface area contributed by atoms with Gasteiger partial charge >= 0.3 is 5.82 Å². The summed E-state index contributed by atoms with van der Waals surface area (Å²) in [6.07, 6.45) is 16.1. The molecule has 0 atom stereocenters. The lowest BCUT2D eigenvalue weighted by atomic mass is 9.93. The zero-order valence-corrected chi connectivity index (χ0v) is 25.6. The van der Waals surface area contributed by atoms with E-state index in [0.717, 1.165) is 69.5 Å². The second-order valence-electron chi connectivity index (χ2n) is 11.1. The van der Waals surface area contributed by atoms with Crippen LogP contribution >= 0.6 is 11.3 Å². The van der Waals surface area contributed by atoms with Crippen LogP contribution in [-0.2, 0) is 12.8 Å². The lowest BCUT2D eigenvalue weighted by Gasteiger charge is -2.11. The Hall–Kier alpha value is -4.10. The van der Waals surface area contributed by atoms with Gasteiger partial charge in [0.2, 0.25) is 5.42 Å². The number of benzene rings is 2. The first-order chi connectivity index (χ1) is 20.6. The molecule has 42 heavy (non-hydrogen) atoms. The number of rotatable bonds is 14. The minimum atomic E-state index is -0.0571. The Morgan fingerprint density at radius 1 is 0.714 bits per heavy atom. The van der Waals surface area contributed by atoms with Crippen LogP contribution in [0.15, 0.2) is 28.7 Å². The van der Waals surface area contributed by atoms with Gasteiger partial charge in [-0.1, -0.05) is 78.1 Å². The molecule has 4 aromatic rings. The molecule has 5 nitrogen and oxygen atoms in total. The Morgan fingerprint density at radius 3 is 1.86 bits per heavy atom. The Kier molecular flexibility index (Phi) is 11.2. The summed E-state index contributed by atoms with van der Waals surface area (Å²) < 4.78 is 8.10. The SMILES string of the molecule is [C-]#[N+]C([N+]#[C-])=c1cc2c(o1)c(CCCCCCCC)cc1c3cc(=C(C#N)C#N)sc3c(CCCCCCCC)cc21. The Morgan fingerprint density at radius 2 is 1.26 bits per heavy atom. The first kappa shape index (κ1) is 30.8. The van der Waals surface area contributed by atoms with Crippen LogP contribution in [-0.4, -0.2) is 0 Å². The molecular formula is C36H38N4OS. The normalized spacial score (nSPS) is 10.9. The lowest BCUT2D eigenvalue weighted by Crippen LogP contribution is -1.95. The minimum Gasteiger partial charge on any atom is -0.459 e. The average molecular weight is 575 g/mol. The topological polar surface area (TPSA) is 69.4 Å². The van der Waals surface area contributed by atoms with Gasteiger partial charge in [-0.15, -0.1) is 11.3 Å². The van der Waals surface area contributed by atoms with E-state index in [1.807, 2.05) is 12.1 Å². The summed E-state index contributed by atoms with van der Waals surface area (Å²) in [6, 6.07) is 12.5. The second kappa shape index (κ2) is 15.2. The maximum absolute atomic E-state index is 9.63. The van der Waals surface area contributed by atoms with Crippen LogP contribution in [0.2, 0.25) is 0 Å². The van der Waals surface area contributed by atoms with Crippen LogP contribution in [0.1, 0.15) is 102 Å². The van der Waals surface area contributed by atoms with Crippen molar-refractivity contribution in [3.8, 4) is 12.1 Å². The Bertz CT molecular complexity index is 1690. The zero-order chi connectivity index (χ0) is 29.9. The van der Waals surface area contributed by atoms with E-state index in [0.29, 0.717) is 9.95 Å². The molecule has 0 unspecified atom stereocenters. The highest BCUT2D eigenvalue weighted by Gasteiger charge is 2.19. The molecule has 0 spiro atoms. The molecule has 0 aliphatic rings. The molecule has 6 heteroatoms. The molecule has 2 heterocycles. The average Bonchev–Trinajstić information content (AvgIpc) is 3.64. The first-order valence-corrected chi connectivity index (χ1v) is 16.2. The van der Waals surface area contributed by atoms with Crippen molar-refractivity contribution < 1.29 is 4.42 Å². The van der Waals surface area contributed by atoms with E-state index >= 15 is 0 Å². The monoisotopic (exact) mass is 574 g/mol. The van der Waals surface area contributed by atoms with E-state index in [1.54, 1.807) is 0 Å². The van der Waals surface area contributed by atoms with Gasteiger partial charge in [-0.3, -0.25) is 0 Å². The predicted octanol–water partition coefficient (Wildman–Crippen LogP) is 9.71. The number of hydrogen-bond donors (Lipinski definition) is 0. The highest BCUT2D eigenvalue weighted by atomic mass is 32.1. The standard InChI is InChI=1S/C36H38N4OS/c1-5-7-9-11-13-15-17-25-19-29-28(30-21-32(41-34(25)30)36(39-3)40-4)20-26(18-16-14-12-10-8-6-2)35-31(29)22-33(42-35)27(23-37)24-38/h19-22H,5-18H2,1-2H3. The zero-order valence-electron chi connectivity index (χ0n) is 24.8. The van der Waals surface area contributed by atoms with Crippen molar-refractivity contribution in [1.82, 2.24) is 0 Å². The summed E-state index contributed by atoms with van der Waals surface area (Å²) in [5.41, 5.74) is 3.52. The van der Waals surface area contributed by atoms with E-state index in [2.05, 4.69) is 47.8 Å². The maximum Gasteiger partial charge on any atom is 0.562 e. The fraction of sp³-hybridized carbons (Fsp3) is 0.444. The van der Waals surface area contributed by atoms with E-state index in [-0.39, 0.29) is 11.4 Å².